The summed E-state index contributed by atoms with van der Waals surface area (Å²) in [6.45, 7) is 9.95. The summed E-state index contributed by atoms with van der Waals surface area (Å²) in [6.07, 6.45) is 5.68. The van der Waals surface area contributed by atoms with Crippen LogP contribution in [0.25, 0.3) is 0 Å². The molecule has 0 saturated carbocycles. The Balaban J connectivity index is 3.85. The van der Waals surface area contributed by atoms with E-state index in [9.17, 15) is 0 Å². The molecule has 16 heavy (non-hydrogen) atoms. The molecule has 3 nitrogen and oxygen atoms in total. The van der Waals surface area contributed by atoms with Crippen LogP contribution in [0.15, 0.2) is 0 Å². The molecule has 0 saturated heterocycles. The van der Waals surface area contributed by atoms with Gasteiger partial charge in [0.15, 0.2) is 0 Å². The number of rotatable bonds is 10. The van der Waals surface area contributed by atoms with Gasteiger partial charge in [-0.15, -0.1) is 0 Å². The van der Waals surface area contributed by atoms with Crippen LogP contribution in [0, 0.1) is 0 Å². The van der Waals surface area contributed by atoms with Gasteiger partial charge in [-0.3, -0.25) is 4.90 Å². The van der Waals surface area contributed by atoms with Crippen LogP contribution in [0.1, 0.15) is 52.9 Å². The van der Waals surface area contributed by atoms with Gasteiger partial charge in [-0.1, -0.05) is 19.8 Å². The molecule has 0 fully saturated rings. The van der Waals surface area contributed by atoms with Gasteiger partial charge in [0, 0.05) is 18.7 Å². The van der Waals surface area contributed by atoms with Gasteiger partial charge < -0.3 is 10.8 Å². The Bertz CT molecular complexity index is 160. The van der Waals surface area contributed by atoms with Crippen LogP contribution < -0.4 is 5.73 Å². The van der Waals surface area contributed by atoms with Gasteiger partial charge in [0.1, 0.15) is 0 Å². The number of hydrogen-bond acceptors (Lipinski definition) is 3. The summed E-state index contributed by atoms with van der Waals surface area (Å²) < 4.78 is 0. The average molecular weight is 230 g/mol. The first-order valence-electron chi connectivity index (χ1n) is 6.64. The second-order valence-electron chi connectivity index (χ2n) is 5.14. The molecule has 0 atom stereocenters. The van der Waals surface area contributed by atoms with Gasteiger partial charge in [0.05, 0.1) is 0 Å². The highest BCUT2D eigenvalue weighted by Crippen LogP contribution is 2.14. The monoisotopic (exact) mass is 230 g/mol. The highest BCUT2D eigenvalue weighted by Gasteiger charge is 2.23. The number of nitrogens with two attached hydrogens (primary N) is 1. The maximum absolute atomic E-state index is 8.70. The Morgan fingerprint density at radius 1 is 1.06 bits per heavy atom. The van der Waals surface area contributed by atoms with Gasteiger partial charge in [0.2, 0.25) is 0 Å². The molecule has 0 amide bonds. The molecular weight excluding hydrogens is 200 g/mol. The molecule has 0 radical (unpaired) electrons. The zero-order chi connectivity index (χ0) is 12.4. The van der Waals surface area contributed by atoms with Crippen molar-refractivity contribution in [2.24, 2.45) is 5.73 Å². The van der Waals surface area contributed by atoms with E-state index in [4.69, 9.17) is 10.8 Å². The van der Waals surface area contributed by atoms with E-state index in [0.717, 1.165) is 25.9 Å². The molecule has 0 aromatic heterocycles. The summed E-state index contributed by atoms with van der Waals surface area (Å²) in [6, 6.07) is 0. The number of hydrogen-bond donors (Lipinski definition) is 2. The van der Waals surface area contributed by atoms with Crippen molar-refractivity contribution in [3.63, 3.8) is 0 Å². The quantitative estimate of drug-likeness (QED) is 0.564. The number of aliphatic hydroxyl groups is 1. The van der Waals surface area contributed by atoms with Crippen LogP contribution in [0.4, 0.5) is 0 Å². The molecule has 3 N–H and O–H groups in total. The second kappa shape index (κ2) is 8.97. The van der Waals surface area contributed by atoms with Gasteiger partial charge in [0.25, 0.3) is 0 Å². The van der Waals surface area contributed by atoms with Crippen molar-refractivity contribution in [3.8, 4) is 0 Å². The summed E-state index contributed by atoms with van der Waals surface area (Å²) in [7, 11) is 0. The van der Waals surface area contributed by atoms with Crippen LogP contribution in [0.5, 0.6) is 0 Å². The maximum Gasteiger partial charge on any atom is 0.0431 e. The fourth-order valence-corrected chi connectivity index (χ4v) is 1.88. The molecule has 0 spiro atoms. The molecular formula is C13H30N2O. The van der Waals surface area contributed by atoms with Crippen LogP contribution in [0.2, 0.25) is 0 Å². The van der Waals surface area contributed by atoms with E-state index in [2.05, 4.69) is 25.7 Å². The molecule has 0 aliphatic heterocycles. The molecule has 0 unspecified atom stereocenters. The second-order valence-corrected chi connectivity index (χ2v) is 5.14. The number of aliphatic hydroxyl groups excluding tert-OH is 1. The first kappa shape index (κ1) is 15.9. The lowest BCUT2D eigenvalue weighted by molar-refractivity contribution is 0.123. The lowest BCUT2D eigenvalue weighted by Crippen LogP contribution is -2.50. The largest absolute Gasteiger partial charge is 0.396 e. The minimum Gasteiger partial charge on any atom is -0.396 e. The predicted octanol–water partition coefficient (Wildman–Crippen LogP) is 1.99. The topological polar surface area (TPSA) is 49.5 Å². The van der Waals surface area contributed by atoms with E-state index >= 15 is 0 Å². The molecule has 0 aromatic carbocycles. The van der Waals surface area contributed by atoms with Gasteiger partial charge in [-0.25, -0.2) is 0 Å². The van der Waals surface area contributed by atoms with Gasteiger partial charge in [-0.2, -0.15) is 0 Å². The van der Waals surface area contributed by atoms with Crippen molar-refractivity contribution < 1.29 is 5.11 Å². The average Bonchev–Trinajstić information content (AvgIpc) is 2.27. The first-order chi connectivity index (χ1) is 7.58. The Labute approximate surface area is 101 Å². The summed E-state index contributed by atoms with van der Waals surface area (Å²) in [5.74, 6) is 0. The Morgan fingerprint density at radius 2 is 1.69 bits per heavy atom. The highest BCUT2D eigenvalue weighted by atomic mass is 16.2. The summed E-state index contributed by atoms with van der Waals surface area (Å²) >= 11 is 0. The molecule has 0 aliphatic rings. The van der Waals surface area contributed by atoms with Crippen LogP contribution in [0.3, 0.4) is 0 Å². The smallest absolute Gasteiger partial charge is 0.0431 e. The zero-order valence-electron chi connectivity index (χ0n) is 11.3. The van der Waals surface area contributed by atoms with Gasteiger partial charge in [-0.05, 0) is 46.2 Å². The van der Waals surface area contributed by atoms with E-state index in [1.54, 1.807) is 0 Å². The Morgan fingerprint density at radius 3 is 2.19 bits per heavy atom. The number of unbranched alkanes of at least 4 members (excludes halogenated alkanes) is 3. The standard InChI is InChI=1S/C13H30N2O/c1-4-9-15(13(2,3)12-14)10-7-5-6-8-11-16/h16H,4-12,14H2,1-3H3. The van der Waals surface area contributed by atoms with E-state index in [1.165, 1.54) is 19.3 Å². The minimum atomic E-state index is 0.118. The molecule has 98 valence electrons. The predicted molar refractivity (Wildman–Crippen MR) is 70.6 cm³/mol. The van der Waals surface area contributed by atoms with E-state index < -0.39 is 0 Å². The molecule has 0 bridgehead atoms. The zero-order valence-corrected chi connectivity index (χ0v) is 11.3. The maximum atomic E-state index is 8.70. The molecule has 0 aliphatic carbocycles. The molecule has 0 rings (SSSR count). The fraction of sp³-hybridized carbons (Fsp3) is 1.00. The third-order valence-corrected chi connectivity index (χ3v) is 3.19. The lowest BCUT2D eigenvalue weighted by Gasteiger charge is -2.37. The summed E-state index contributed by atoms with van der Waals surface area (Å²) in [5.41, 5.74) is 5.93. The lowest BCUT2D eigenvalue weighted by atomic mass is 10.0. The minimum absolute atomic E-state index is 0.118. The Hall–Kier alpha value is -0.120. The third kappa shape index (κ3) is 6.46. The highest BCUT2D eigenvalue weighted by molar-refractivity contribution is 4.82. The SMILES string of the molecule is CCCN(CCCCCCO)C(C)(C)CN. The van der Waals surface area contributed by atoms with E-state index in [1.807, 2.05) is 0 Å². The van der Waals surface area contributed by atoms with Crippen molar-refractivity contribution in [1.82, 2.24) is 4.90 Å². The molecule has 0 heterocycles. The van der Waals surface area contributed by atoms with E-state index in [-0.39, 0.29) is 5.54 Å². The first-order valence-corrected chi connectivity index (χ1v) is 6.64. The Kier molecular flexibility index (Phi) is 8.90. The molecule has 0 aromatic rings. The van der Waals surface area contributed by atoms with Crippen molar-refractivity contribution in [3.05, 3.63) is 0 Å². The van der Waals surface area contributed by atoms with E-state index in [0.29, 0.717) is 13.2 Å². The van der Waals surface area contributed by atoms with Crippen LogP contribution in [-0.2, 0) is 0 Å². The normalized spacial score (nSPS) is 12.4. The van der Waals surface area contributed by atoms with Crippen molar-refractivity contribution in [1.29, 1.82) is 0 Å². The number of nitrogens with zero attached hydrogens (tertiary/aromatic N) is 1. The third-order valence-electron chi connectivity index (χ3n) is 3.19. The summed E-state index contributed by atoms with van der Waals surface area (Å²) in [4.78, 5) is 2.49. The molecule has 3 heteroatoms. The van der Waals surface area contributed by atoms with Gasteiger partial charge >= 0.3 is 0 Å². The van der Waals surface area contributed by atoms with Crippen LogP contribution in [-0.4, -0.2) is 41.8 Å². The van der Waals surface area contributed by atoms with Crippen molar-refractivity contribution in [2.45, 2.75) is 58.4 Å². The summed E-state index contributed by atoms with van der Waals surface area (Å²) in [5, 5.41) is 8.70. The fourth-order valence-electron chi connectivity index (χ4n) is 1.88. The van der Waals surface area contributed by atoms with Crippen molar-refractivity contribution in [2.75, 3.05) is 26.2 Å². The van der Waals surface area contributed by atoms with Crippen molar-refractivity contribution >= 4 is 0 Å². The van der Waals surface area contributed by atoms with Crippen LogP contribution >= 0.6 is 0 Å².